The van der Waals surface area contributed by atoms with E-state index in [9.17, 15) is 14.7 Å². The zero-order valence-corrected chi connectivity index (χ0v) is 12.5. The van der Waals surface area contributed by atoms with E-state index >= 15 is 0 Å². The number of carboxylic acids is 1. The first-order chi connectivity index (χ1) is 9.58. The summed E-state index contributed by atoms with van der Waals surface area (Å²) in [6.07, 6.45) is 2.35. The molecule has 3 saturated heterocycles. The first-order valence-electron chi connectivity index (χ1n) is 7.19. The van der Waals surface area contributed by atoms with Crippen LogP contribution in [-0.2, 0) is 4.79 Å². The van der Waals surface area contributed by atoms with E-state index < -0.39 is 12.0 Å². The lowest BCUT2D eigenvalue weighted by atomic mass is 10.1. The van der Waals surface area contributed by atoms with E-state index in [0.29, 0.717) is 17.7 Å². The van der Waals surface area contributed by atoms with E-state index in [4.69, 9.17) is 0 Å². The lowest BCUT2D eigenvalue weighted by molar-refractivity contribution is -0.141. The Morgan fingerprint density at radius 2 is 2.05 bits per heavy atom. The van der Waals surface area contributed by atoms with E-state index in [1.165, 1.54) is 23.1 Å². The van der Waals surface area contributed by atoms with Gasteiger partial charge in [0, 0.05) is 30.9 Å². The molecular weight excluding hydrogens is 278 g/mol. The topological polar surface area (TPSA) is 64.1 Å². The average Bonchev–Trinajstić information content (AvgIpc) is 3.04. The zero-order chi connectivity index (χ0) is 14.3. The van der Waals surface area contributed by atoms with Gasteiger partial charge in [-0.1, -0.05) is 0 Å². The molecule has 3 atom stereocenters. The number of nitrogens with zero attached hydrogens (tertiary/aromatic N) is 3. The molecule has 0 radical (unpaired) electrons. The minimum Gasteiger partial charge on any atom is -0.480 e. The van der Waals surface area contributed by atoms with Crippen LogP contribution >= 0.6 is 11.8 Å². The second-order valence-electron chi connectivity index (χ2n) is 5.90. The molecule has 3 heterocycles. The summed E-state index contributed by atoms with van der Waals surface area (Å²) >= 11 is 1.52. The number of amides is 2. The molecule has 0 saturated carbocycles. The molecule has 0 aromatic heterocycles. The molecule has 0 aromatic rings. The molecule has 2 amide bonds. The van der Waals surface area contributed by atoms with Crippen LogP contribution in [0.3, 0.4) is 0 Å². The third kappa shape index (κ3) is 2.37. The van der Waals surface area contributed by atoms with E-state index in [0.717, 1.165) is 26.1 Å². The molecule has 0 bridgehead atoms. The highest BCUT2D eigenvalue weighted by molar-refractivity contribution is 7.99. The number of aliphatic carboxylic acids is 1. The Balaban J connectivity index is 1.71. The quantitative estimate of drug-likeness (QED) is 0.773. The van der Waals surface area contributed by atoms with Gasteiger partial charge in [-0.15, -0.1) is 11.8 Å². The maximum Gasteiger partial charge on any atom is 0.327 e. The van der Waals surface area contributed by atoms with Gasteiger partial charge in [-0.2, -0.15) is 0 Å². The number of fused-ring (bicyclic) bond motifs is 1. The van der Waals surface area contributed by atoms with E-state index in [-0.39, 0.29) is 12.1 Å². The van der Waals surface area contributed by atoms with Crippen molar-refractivity contribution in [2.75, 3.05) is 31.3 Å². The average molecular weight is 299 g/mol. The van der Waals surface area contributed by atoms with Gasteiger partial charge >= 0.3 is 12.0 Å². The van der Waals surface area contributed by atoms with Crippen molar-refractivity contribution in [1.29, 1.82) is 0 Å². The standard InChI is InChI=1S/C13H21N3O3S/c1-9-5-14-4-2-3-10(14)6-15(9)13(19)16-8-20-7-11(16)12(17)18/h9-11H,2-8H2,1H3,(H,17,18)/t9?,10?,11-/m0/s1. The molecule has 1 N–H and O–H groups in total. The molecule has 112 valence electrons. The molecule has 0 aromatic carbocycles. The van der Waals surface area contributed by atoms with Gasteiger partial charge in [0.25, 0.3) is 0 Å². The summed E-state index contributed by atoms with van der Waals surface area (Å²) in [7, 11) is 0. The predicted molar refractivity (Wildman–Crippen MR) is 76.7 cm³/mol. The third-order valence-electron chi connectivity index (χ3n) is 4.60. The summed E-state index contributed by atoms with van der Waals surface area (Å²) < 4.78 is 0. The van der Waals surface area contributed by atoms with Gasteiger partial charge in [0.2, 0.25) is 0 Å². The van der Waals surface area contributed by atoms with Gasteiger partial charge in [0.05, 0.1) is 5.88 Å². The number of urea groups is 1. The van der Waals surface area contributed by atoms with E-state index in [1.54, 1.807) is 0 Å². The molecule has 3 rings (SSSR count). The molecule has 7 heteroatoms. The van der Waals surface area contributed by atoms with Crippen molar-refractivity contribution in [2.45, 2.75) is 37.9 Å². The smallest absolute Gasteiger partial charge is 0.327 e. The van der Waals surface area contributed by atoms with Gasteiger partial charge in [0.1, 0.15) is 6.04 Å². The number of carbonyl (C=O) groups excluding carboxylic acids is 1. The SMILES string of the molecule is CC1CN2CCCC2CN1C(=O)N1CSC[C@H]1C(=O)O. The number of carboxylic acid groups (broad SMARTS) is 1. The molecular formula is C13H21N3O3S. The molecule has 6 nitrogen and oxygen atoms in total. The maximum atomic E-state index is 12.7. The van der Waals surface area contributed by atoms with Crippen molar-refractivity contribution in [1.82, 2.24) is 14.7 Å². The summed E-state index contributed by atoms with van der Waals surface area (Å²) in [5.41, 5.74) is 0. The fraction of sp³-hybridized carbons (Fsp3) is 0.846. The Hall–Kier alpha value is -0.950. The molecule has 3 aliphatic rings. The molecule has 3 fully saturated rings. The lowest BCUT2D eigenvalue weighted by Gasteiger charge is -2.43. The van der Waals surface area contributed by atoms with Crippen molar-refractivity contribution in [3.63, 3.8) is 0 Å². The number of hydrogen-bond donors (Lipinski definition) is 1. The molecule has 3 aliphatic heterocycles. The van der Waals surface area contributed by atoms with E-state index in [1.807, 2.05) is 4.90 Å². The normalized spacial score (nSPS) is 34.4. The minimum absolute atomic E-state index is 0.0959. The van der Waals surface area contributed by atoms with Crippen molar-refractivity contribution >= 4 is 23.8 Å². The molecule has 20 heavy (non-hydrogen) atoms. The third-order valence-corrected chi connectivity index (χ3v) is 5.61. The Morgan fingerprint density at radius 3 is 2.80 bits per heavy atom. The van der Waals surface area contributed by atoms with Gasteiger partial charge in [-0.05, 0) is 26.3 Å². The van der Waals surface area contributed by atoms with Crippen molar-refractivity contribution in [3.05, 3.63) is 0 Å². The zero-order valence-electron chi connectivity index (χ0n) is 11.7. The highest BCUT2D eigenvalue weighted by Gasteiger charge is 2.42. The maximum absolute atomic E-state index is 12.7. The van der Waals surface area contributed by atoms with Gasteiger partial charge in [-0.25, -0.2) is 9.59 Å². The number of piperazine rings is 1. The Bertz CT molecular complexity index is 420. The van der Waals surface area contributed by atoms with Crippen LogP contribution in [-0.4, -0.2) is 81.2 Å². The minimum atomic E-state index is -0.893. The van der Waals surface area contributed by atoms with Gasteiger partial charge in [-0.3, -0.25) is 4.90 Å². The van der Waals surface area contributed by atoms with Crippen LogP contribution in [0.4, 0.5) is 4.79 Å². The lowest BCUT2D eigenvalue weighted by Crippen LogP contribution is -2.60. The fourth-order valence-electron chi connectivity index (χ4n) is 3.45. The monoisotopic (exact) mass is 299 g/mol. The second-order valence-corrected chi connectivity index (χ2v) is 6.90. The largest absolute Gasteiger partial charge is 0.480 e. The van der Waals surface area contributed by atoms with Crippen molar-refractivity contribution in [2.24, 2.45) is 0 Å². The number of thioether (sulfide) groups is 1. The second kappa shape index (κ2) is 5.44. The number of hydrogen-bond acceptors (Lipinski definition) is 4. The molecule has 0 aliphatic carbocycles. The predicted octanol–water partition coefficient (Wildman–Crippen LogP) is 0.734. The van der Waals surface area contributed by atoms with E-state index in [2.05, 4.69) is 11.8 Å². The number of carbonyl (C=O) groups is 2. The van der Waals surface area contributed by atoms with Crippen LogP contribution in [0, 0.1) is 0 Å². The van der Waals surface area contributed by atoms with Crippen LogP contribution in [0.15, 0.2) is 0 Å². The van der Waals surface area contributed by atoms with Crippen LogP contribution in [0.2, 0.25) is 0 Å². The van der Waals surface area contributed by atoms with Crippen LogP contribution in [0.5, 0.6) is 0 Å². The number of rotatable bonds is 1. The summed E-state index contributed by atoms with van der Waals surface area (Å²) in [5.74, 6) is 0.0993. The Kier molecular flexibility index (Phi) is 3.81. The van der Waals surface area contributed by atoms with Crippen molar-refractivity contribution < 1.29 is 14.7 Å². The molecule has 2 unspecified atom stereocenters. The van der Waals surface area contributed by atoms with Crippen LogP contribution in [0.1, 0.15) is 19.8 Å². The Labute approximate surface area is 123 Å². The fourth-order valence-corrected chi connectivity index (χ4v) is 4.59. The molecule has 0 spiro atoms. The highest BCUT2D eigenvalue weighted by atomic mass is 32.2. The highest BCUT2D eigenvalue weighted by Crippen LogP contribution is 2.28. The summed E-state index contributed by atoms with van der Waals surface area (Å²) in [4.78, 5) is 29.8. The summed E-state index contributed by atoms with van der Waals surface area (Å²) in [5, 5.41) is 9.21. The van der Waals surface area contributed by atoms with Crippen LogP contribution < -0.4 is 0 Å². The summed E-state index contributed by atoms with van der Waals surface area (Å²) in [6, 6.07) is -0.131. The van der Waals surface area contributed by atoms with Gasteiger partial charge < -0.3 is 14.9 Å². The van der Waals surface area contributed by atoms with Crippen LogP contribution in [0.25, 0.3) is 0 Å². The first kappa shape index (κ1) is 14.0. The summed E-state index contributed by atoms with van der Waals surface area (Å²) in [6.45, 7) is 4.85. The van der Waals surface area contributed by atoms with Gasteiger partial charge in [0.15, 0.2) is 0 Å². The van der Waals surface area contributed by atoms with Crippen molar-refractivity contribution in [3.8, 4) is 0 Å². The Morgan fingerprint density at radius 1 is 1.25 bits per heavy atom. The first-order valence-corrected chi connectivity index (χ1v) is 8.35.